The first-order chi connectivity index (χ1) is 8.74. The second-order valence-corrected chi connectivity index (χ2v) is 5.42. The molecular formula is C14H17NO3. The van der Waals surface area contributed by atoms with Crippen LogP contribution in [-0.4, -0.2) is 22.7 Å². The number of carbonyl (C=O) groups is 1. The Morgan fingerprint density at radius 1 is 1.44 bits per heavy atom. The van der Waals surface area contributed by atoms with Gasteiger partial charge in [-0.15, -0.1) is 0 Å². The van der Waals surface area contributed by atoms with E-state index in [-0.39, 0.29) is 5.56 Å². The summed E-state index contributed by atoms with van der Waals surface area (Å²) in [6.07, 6.45) is 8.25. The molecule has 1 N–H and O–H groups in total. The van der Waals surface area contributed by atoms with Crippen molar-refractivity contribution in [3.63, 3.8) is 0 Å². The number of rotatable bonds is 4. The number of pyridine rings is 1. The fourth-order valence-corrected chi connectivity index (χ4v) is 3.45. The minimum absolute atomic E-state index is 0.202. The van der Waals surface area contributed by atoms with Crippen molar-refractivity contribution >= 4 is 5.97 Å². The SMILES string of the molecule is O=C(O)c1ccncc1OCC1CC2CCC1C2. The van der Waals surface area contributed by atoms with Crippen molar-refractivity contribution in [1.82, 2.24) is 4.98 Å². The summed E-state index contributed by atoms with van der Waals surface area (Å²) in [7, 11) is 0. The second-order valence-electron chi connectivity index (χ2n) is 5.42. The van der Waals surface area contributed by atoms with Crippen LogP contribution in [0.3, 0.4) is 0 Å². The molecule has 18 heavy (non-hydrogen) atoms. The van der Waals surface area contributed by atoms with Crippen molar-refractivity contribution in [2.24, 2.45) is 17.8 Å². The number of ether oxygens (including phenoxy) is 1. The summed E-state index contributed by atoms with van der Waals surface area (Å²) >= 11 is 0. The zero-order valence-corrected chi connectivity index (χ0v) is 10.2. The molecule has 1 heterocycles. The fourth-order valence-electron chi connectivity index (χ4n) is 3.45. The molecule has 4 heteroatoms. The van der Waals surface area contributed by atoms with Gasteiger partial charge in [0.1, 0.15) is 5.56 Å². The average molecular weight is 247 g/mol. The van der Waals surface area contributed by atoms with E-state index in [0.29, 0.717) is 18.3 Å². The summed E-state index contributed by atoms with van der Waals surface area (Å²) in [5.41, 5.74) is 0.202. The van der Waals surface area contributed by atoms with E-state index in [1.54, 1.807) is 0 Å². The lowest BCUT2D eigenvalue weighted by Crippen LogP contribution is -2.19. The Kier molecular flexibility index (Phi) is 2.94. The highest BCUT2D eigenvalue weighted by Crippen LogP contribution is 2.48. The van der Waals surface area contributed by atoms with Gasteiger partial charge in [-0.1, -0.05) is 6.42 Å². The third-order valence-electron chi connectivity index (χ3n) is 4.35. The van der Waals surface area contributed by atoms with E-state index >= 15 is 0 Å². The van der Waals surface area contributed by atoms with Gasteiger partial charge in [0.2, 0.25) is 0 Å². The number of aromatic carboxylic acids is 1. The van der Waals surface area contributed by atoms with E-state index in [0.717, 1.165) is 11.8 Å². The standard InChI is InChI=1S/C14H17NO3/c16-14(17)12-3-4-15-7-13(12)18-8-11-6-9-1-2-10(11)5-9/h3-4,7,9-11H,1-2,5-6,8H2,(H,16,17). The van der Waals surface area contributed by atoms with Crippen LogP contribution >= 0.6 is 0 Å². The van der Waals surface area contributed by atoms with Crippen LogP contribution in [0.5, 0.6) is 5.75 Å². The van der Waals surface area contributed by atoms with Gasteiger partial charge in [-0.3, -0.25) is 4.98 Å². The summed E-state index contributed by atoms with van der Waals surface area (Å²) in [4.78, 5) is 15.0. The number of hydrogen-bond acceptors (Lipinski definition) is 3. The maximum atomic E-state index is 11.0. The Bertz CT molecular complexity index is 460. The topological polar surface area (TPSA) is 59.4 Å². The number of hydrogen-bond donors (Lipinski definition) is 1. The molecule has 3 atom stereocenters. The van der Waals surface area contributed by atoms with Gasteiger partial charge < -0.3 is 9.84 Å². The Hall–Kier alpha value is -1.58. The van der Waals surface area contributed by atoms with Crippen LogP contribution in [0.2, 0.25) is 0 Å². The molecule has 3 rings (SSSR count). The van der Waals surface area contributed by atoms with Crippen LogP contribution < -0.4 is 4.74 Å². The van der Waals surface area contributed by atoms with E-state index in [9.17, 15) is 4.79 Å². The van der Waals surface area contributed by atoms with Crippen LogP contribution in [0.15, 0.2) is 18.5 Å². The van der Waals surface area contributed by atoms with Gasteiger partial charge in [-0.05, 0) is 43.1 Å². The molecule has 0 spiro atoms. The molecule has 0 radical (unpaired) electrons. The van der Waals surface area contributed by atoms with Crippen molar-refractivity contribution in [2.45, 2.75) is 25.7 Å². The van der Waals surface area contributed by atoms with E-state index in [2.05, 4.69) is 4.98 Å². The Morgan fingerprint density at radius 3 is 3.00 bits per heavy atom. The molecule has 1 aromatic heterocycles. The third kappa shape index (κ3) is 2.07. The number of fused-ring (bicyclic) bond motifs is 2. The lowest BCUT2D eigenvalue weighted by Gasteiger charge is -2.22. The molecule has 2 aliphatic rings. The van der Waals surface area contributed by atoms with Crippen molar-refractivity contribution in [3.05, 3.63) is 24.0 Å². The molecular weight excluding hydrogens is 230 g/mol. The van der Waals surface area contributed by atoms with Crippen LogP contribution in [0.1, 0.15) is 36.0 Å². The van der Waals surface area contributed by atoms with E-state index < -0.39 is 5.97 Å². The summed E-state index contributed by atoms with van der Waals surface area (Å²) in [5, 5.41) is 9.06. The second kappa shape index (κ2) is 4.59. The van der Waals surface area contributed by atoms with Crippen LogP contribution in [0.25, 0.3) is 0 Å². The normalized spacial score (nSPS) is 29.4. The molecule has 2 bridgehead atoms. The van der Waals surface area contributed by atoms with Crippen molar-refractivity contribution < 1.29 is 14.6 Å². The molecule has 0 amide bonds. The van der Waals surface area contributed by atoms with Gasteiger partial charge in [0, 0.05) is 6.20 Å². The molecule has 0 aliphatic heterocycles. The van der Waals surface area contributed by atoms with Crippen LogP contribution in [0.4, 0.5) is 0 Å². The first-order valence-corrected chi connectivity index (χ1v) is 6.54. The number of aromatic nitrogens is 1. The first kappa shape index (κ1) is 11.5. The Labute approximate surface area is 106 Å². The zero-order valence-electron chi connectivity index (χ0n) is 10.2. The summed E-state index contributed by atoms with van der Waals surface area (Å²) in [5.74, 6) is 1.72. The number of nitrogens with zero attached hydrogens (tertiary/aromatic N) is 1. The molecule has 0 aromatic carbocycles. The summed E-state index contributed by atoms with van der Waals surface area (Å²) in [6.45, 7) is 0.632. The summed E-state index contributed by atoms with van der Waals surface area (Å²) in [6, 6.07) is 1.48. The Balaban J connectivity index is 1.65. The van der Waals surface area contributed by atoms with Gasteiger partial charge in [-0.25, -0.2) is 4.79 Å². The zero-order chi connectivity index (χ0) is 12.5. The predicted octanol–water partition coefficient (Wildman–Crippen LogP) is 2.59. The average Bonchev–Trinajstić information content (AvgIpc) is 2.98. The molecule has 0 saturated heterocycles. The lowest BCUT2D eigenvalue weighted by atomic mass is 9.89. The highest BCUT2D eigenvalue weighted by atomic mass is 16.5. The minimum Gasteiger partial charge on any atom is -0.491 e. The number of carboxylic acid groups (broad SMARTS) is 1. The monoisotopic (exact) mass is 247 g/mol. The van der Waals surface area contributed by atoms with E-state index in [1.165, 1.54) is 44.1 Å². The predicted molar refractivity (Wildman–Crippen MR) is 65.6 cm³/mol. The van der Waals surface area contributed by atoms with Gasteiger partial charge in [0.15, 0.2) is 5.75 Å². The maximum absolute atomic E-state index is 11.0. The van der Waals surface area contributed by atoms with Crippen molar-refractivity contribution in [2.75, 3.05) is 6.61 Å². The fraction of sp³-hybridized carbons (Fsp3) is 0.571. The van der Waals surface area contributed by atoms with Gasteiger partial charge in [0.05, 0.1) is 12.8 Å². The molecule has 2 aliphatic carbocycles. The van der Waals surface area contributed by atoms with Crippen LogP contribution in [-0.2, 0) is 0 Å². The van der Waals surface area contributed by atoms with Gasteiger partial charge in [0.25, 0.3) is 0 Å². The van der Waals surface area contributed by atoms with E-state index in [1.807, 2.05) is 0 Å². The largest absolute Gasteiger partial charge is 0.491 e. The van der Waals surface area contributed by atoms with Crippen LogP contribution in [0, 0.1) is 17.8 Å². The molecule has 2 fully saturated rings. The summed E-state index contributed by atoms with van der Waals surface area (Å²) < 4.78 is 5.69. The highest BCUT2D eigenvalue weighted by Gasteiger charge is 2.39. The quantitative estimate of drug-likeness (QED) is 0.888. The third-order valence-corrected chi connectivity index (χ3v) is 4.35. The molecule has 96 valence electrons. The highest BCUT2D eigenvalue weighted by molar-refractivity contribution is 5.90. The maximum Gasteiger partial charge on any atom is 0.339 e. The van der Waals surface area contributed by atoms with Gasteiger partial charge >= 0.3 is 5.97 Å². The molecule has 4 nitrogen and oxygen atoms in total. The van der Waals surface area contributed by atoms with Crippen molar-refractivity contribution in [3.8, 4) is 5.75 Å². The first-order valence-electron chi connectivity index (χ1n) is 6.54. The lowest BCUT2D eigenvalue weighted by molar-refractivity contribution is 0.0690. The molecule has 3 unspecified atom stereocenters. The molecule has 2 saturated carbocycles. The molecule has 1 aromatic rings. The number of carboxylic acids is 1. The van der Waals surface area contributed by atoms with Gasteiger partial charge in [-0.2, -0.15) is 0 Å². The van der Waals surface area contributed by atoms with Crippen molar-refractivity contribution in [1.29, 1.82) is 0 Å². The Morgan fingerprint density at radius 2 is 2.33 bits per heavy atom. The minimum atomic E-state index is -0.958. The van der Waals surface area contributed by atoms with E-state index in [4.69, 9.17) is 9.84 Å². The smallest absolute Gasteiger partial charge is 0.339 e.